The van der Waals surface area contributed by atoms with Crippen molar-refractivity contribution in [3.8, 4) is 5.75 Å². The maximum absolute atomic E-state index is 12.7. The highest BCUT2D eigenvalue weighted by atomic mass is 35.5. The number of allylic oxidation sites excluding steroid dienone is 1. The maximum Gasteiger partial charge on any atom is 0.362 e. The second-order valence-corrected chi connectivity index (χ2v) is 15.1. The lowest BCUT2D eigenvalue weighted by atomic mass is 9.67. The number of carbonyl (C=O) groups excluding carboxylic acids is 2. The summed E-state index contributed by atoms with van der Waals surface area (Å²) in [6.07, 6.45) is 8.53. The van der Waals surface area contributed by atoms with Crippen molar-refractivity contribution in [2.45, 2.75) is 97.7 Å². The Kier molecular flexibility index (Phi) is 17.6. The van der Waals surface area contributed by atoms with Crippen LogP contribution in [0.3, 0.4) is 0 Å². The van der Waals surface area contributed by atoms with Gasteiger partial charge in [-0.05, 0) is 88.8 Å². The van der Waals surface area contributed by atoms with Crippen molar-refractivity contribution in [2.24, 2.45) is 16.8 Å². The number of benzene rings is 2. The van der Waals surface area contributed by atoms with Crippen LogP contribution in [-0.4, -0.2) is 79.3 Å². The van der Waals surface area contributed by atoms with Gasteiger partial charge in [0.05, 0.1) is 12.1 Å². The number of carbonyl (C=O) groups is 2. The number of hydrogen-bond acceptors (Lipinski definition) is 7. The van der Waals surface area contributed by atoms with Gasteiger partial charge >= 0.3 is 5.97 Å². The van der Waals surface area contributed by atoms with E-state index < -0.39 is 17.0 Å². The van der Waals surface area contributed by atoms with Gasteiger partial charge < -0.3 is 10.1 Å². The summed E-state index contributed by atoms with van der Waals surface area (Å²) in [6, 6.07) is 15.9. The molecule has 3 atom stereocenters. The predicted octanol–water partition coefficient (Wildman–Crippen LogP) is 8.23. The van der Waals surface area contributed by atoms with E-state index in [0.29, 0.717) is 51.7 Å². The minimum atomic E-state index is -0.969. The number of halogens is 2. The lowest BCUT2D eigenvalue weighted by molar-refractivity contribution is -0.184. The van der Waals surface area contributed by atoms with Gasteiger partial charge in [0.25, 0.3) is 0 Å². The highest BCUT2D eigenvalue weighted by Crippen LogP contribution is 2.44. The summed E-state index contributed by atoms with van der Waals surface area (Å²) in [7, 11) is 0. The number of nitrogens with one attached hydrogen (secondary N) is 1. The number of aliphatic imine (C=N–C) groups is 1. The summed E-state index contributed by atoms with van der Waals surface area (Å²) in [5.74, 6) is 0.668. The zero-order valence-corrected chi connectivity index (χ0v) is 32.3. The average Bonchev–Trinajstić information content (AvgIpc) is 3.10. The molecular formula is C40H60ClFN4O4. The van der Waals surface area contributed by atoms with Crippen LogP contribution in [0.15, 0.2) is 65.7 Å². The highest BCUT2D eigenvalue weighted by molar-refractivity contribution is 6.30. The molecule has 2 unspecified atom stereocenters. The van der Waals surface area contributed by atoms with E-state index in [1.807, 2.05) is 37.3 Å². The van der Waals surface area contributed by atoms with Crippen LogP contribution in [0.25, 0.3) is 0 Å². The molecule has 0 fully saturated rings. The molecule has 0 aliphatic heterocycles. The molecule has 10 heteroatoms. The first-order chi connectivity index (χ1) is 23.7. The second-order valence-electron chi connectivity index (χ2n) is 14.6. The first kappa shape index (κ1) is 42.9. The first-order valence-electron chi connectivity index (χ1n) is 17.8. The van der Waals surface area contributed by atoms with Gasteiger partial charge in [0, 0.05) is 59.3 Å². The molecule has 1 aliphatic carbocycles. The van der Waals surface area contributed by atoms with Crippen LogP contribution >= 0.6 is 11.6 Å². The van der Waals surface area contributed by atoms with E-state index in [-0.39, 0.29) is 17.9 Å². The van der Waals surface area contributed by atoms with Crippen LogP contribution in [-0.2, 0) is 26.5 Å². The van der Waals surface area contributed by atoms with E-state index in [2.05, 4.69) is 101 Å². The third-order valence-electron chi connectivity index (χ3n) is 10.2. The molecule has 0 saturated heterocycles. The van der Waals surface area contributed by atoms with Gasteiger partial charge in [0.15, 0.2) is 0 Å². The summed E-state index contributed by atoms with van der Waals surface area (Å²) in [6.45, 7) is 24.0. The van der Waals surface area contributed by atoms with Crippen LogP contribution in [0.1, 0.15) is 85.8 Å². The Morgan fingerprint density at radius 3 is 2.24 bits per heavy atom. The smallest absolute Gasteiger partial charge is 0.362 e. The monoisotopic (exact) mass is 714 g/mol. The lowest BCUT2D eigenvalue weighted by Crippen LogP contribution is -2.62. The molecule has 0 saturated carbocycles. The topological polar surface area (TPSA) is 83.5 Å². The molecule has 1 amide bonds. The fourth-order valence-electron chi connectivity index (χ4n) is 6.41. The predicted molar refractivity (Wildman–Crippen MR) is 204 cm³/mol. The Labute approximate surface area is 305 Å². The quantitative estimate of drug-likeness (QED) is 0.0725. The van der Waals surface area contributed by atoms with Crippen LogP contribution in [0.5, 0.6) is 5.75 Å². The van der Waals surface area contributed by atoms with Crippen molar-refractivity contribution in [3.05, 3.63) is 76.8 Å². The molecule has 50 heavy (non-hydrogen) atoms. The Morgan fingerprint density at radius 1 is 1.04 bits per heavy atom. The van der Waals surface area contributed by atoms with E-state index >= 15 is 0 Å². The number of amides is 1. The zero-order valence-electron chi connectivity index (χ0n) is 31.5. The fourth-order valence-corrected chi connectivity index (χ4v) is 6.55. The Balaban J connectivity index is 0.00000110. The fraction of sp³-hybridized carbons (Fsp3) is 0.575. The van der Waals surface area contributed by atoms with Crippen molar-refractivity contribution in [3.63, 3.8) is 0 Å². The van der Waals surface area contributed by atoms with Gasteiger partial charge in [0.2, 0.25) is 6.41 Å². The van der Waals surface area contributed by atoms with Gasteiger partial charge in [-0.25, -0.2) is 4.79 Å². The Morgan fingerprint density at radius 2 is 1.74 bits per heavy atom. The molecular weight excluding hydrogens is 655 g/mol. The van der Waals surface area contributed by atoms with Crippen molar-refractivity contribution >= 4 is 30.7 Å². The molecule has 0 heterocycles. The number of rotatable bonds is 18. The summed E-state index contributed by atoms with van der Waals surface area (Å²) < 4.78 is 18.9. The van der Waals surface area contributed by atoms with Crippen molar-refractivity contribution in [1.82, 2.24) is 15.1 Å². The van der Waals surface area contributed by atoms with E-state index in [4.69, 9.17) is 21.3 Å². The molecule has 2 aromatic rings. The van der Waals surface area contributed by atoms with Crippen molar-refractivity contribution < 1.29 is 23.8 Å². The lowest BCUT2D eigenvalue weighted by Gasteiger charge is -2.53. The zero-order chi connectivity index (χ0) is 37.4. The van der Waals surface area contributed by atoms with Crippen LogP contribution in [0, 0.1) is 11.8 Å². The third kappa shape index (κ3) is 12.5. The average molecular weight is 715 g/mol. The van der Waals surface area contributed by atoms with Gasteiger partial charge in [-0.2, -0.15) is 0 Å². The van der Waals surface area contributed by atoms with E-state index in [9.17, 15) is 14.1 Å². The molecule has 2 aromatic carbocycles. The van der Waals surface area contributed by atoms with Crippen LogP contribution < -0.4 is 10.1 Å². The normalized spacial score (nSPS) is 17.4. The largest absolute Gasteiger partial charge is 0.494 e. The Hall–Kier alpha value is -3.27. The van der Waals surface area contributed by atoms with E-state index in [1.165, 1.54) is 5.56 Å². The number of ether oxygens (including phenoxy) is 1. The van der Waals surface area contributed by atoms with Crippen molar-refractivity contribution in [2.75, 3.05) is 39.3 Å². The number of nitrogens with zero attached hydrogens (tertiary/aromatic N) is 3. The summed E-state index contributed by atoms with van der Waals surface area (Å²) >= 11 is 5.54. The number of hydrogen-bond donors (Lipinski definition) is 1. The maximum atomic E-state index is 12.7. The second kappa shape index (κ2) is 20.5. The standard InChI is InChI=1S/C34H55FN4O4.C6H5Cl/c1-10-26-12-15-28(16-13-26)34(8,36-9)33(6,7)39(21-20-38(19-18-37-25-40)24-31(41)43-35)23-27-14-17-29(32(3,4)5)22-30(27)42-11-2;7-6-4-2-1-3-5-6/h12,14-15,17,22,25-26,28H,9-11,13,16,18-21,23-24H2,1-8H3,(H,37,40);1-5H/t26?,28-,34?;/m0./s1. The molecule has 278 valence electrons. The summed E-state index contributed by atoms with van der Waals surface area (Å²) in [5.41, 5.74) is 1.21. The molecule has 1 N–H and O–H groups in total. The molecule has 1 aliphatic rings. The van der Waals surface area contributed by atoms with Crippen LogP contribution in [0.2, 0.25) is 5.02 Å². The molecule has 0 radical (unpaired) electrons. The summed E-state index contributed by atoms with van der Waals surface area (Å²) in [4.78, 5) is 35.2. The highest BCUT2D eigenvalue weighted by Gasteiger charge is 2.49. The van der Waals surface area contributed by atoms with Gasteiger partial charge in [-0.1, -0.05) is 81.8 Å². The van der Waals surface area contributed by atoms with E-state index in [1.54, 1.807) is 4.90 Å². The van der Waals surface area contributed by atoms with Crippen molar-refractivity contribution in [1.29, 1.82) is 0 Å². The third-order valence-corrected chi connectivity index (χ3v) is 10.4. The minimum Gasteiger partial charge on any atom is -0.494 e. The van der Waals surface area contributed by atoms with E-state index in [0.717, 1.165) is 35.6 Å². The molecule has 0 bridgehead atoms. The molecule has 0 spiro atoms. The molecule has 3 rings (SSSR count). The van der Waals surface area contributed by atoms with Crippen LogP contribution in [0.4, 0.5) is 4.53 Å². The van der Waals surface area contributed by atoms with Gasteiger partial charge in [-0.15, -0.1) is 0 Å². The molecule has 0 aromatic heterocycles. The molecule has 8 nitrogen and oxygen atoms in total. The summed E-state index contributed by atoms with van der Waals surface area (Å²) in [5, 5.41) is 3.42. The SMILES string of the molecule is C=NC(C)([C@H]1C=CC(CC)CC1)C(C)(C)N(CCN(CCNC=O)CC(=O)OF)Cc1ccc(C(C)(C)C)cc1OCC.Clc1ccccc1. The van der Waals surface area contributed by atoms with Gasteiger partial charge in [-0.3, -0.25) is 24.5 Å². The minimum absolute atomic E-state index is 0.0284. The first-order valence-corrected chi connectivity index (χ1v) is 18.1. The Bertz CT molecular complexity index is 1370. The van der Waals surface area contributed by atoms with Gasteiger partial charge in [0.1, 0.15) is 12.3 Å².